The number of fused-ring (bicyclic) bond motifs is 1. The summed E-state index contributed by atoms with van der Waals surface area (Å²) in [6, 6.07) is 5.37. The number of rotatable bonds is 3. The molecule has 0 amide bonds. The van der Waals surface area contributed by atoms with E-state index < -0.39 is 6.10 Å². The zero-order valence-corrected chi connectivity index (χ0v) is 9.79. The van der Waals surface area contributed by atoms with Crippen molar-refractivity contribution in [1.29, 1.82) is 0 Å². The molecule has 6 nitrogen and oxygen atoms in total. The summed E-state index contributed by atoms with van der Waals surface area (Å²) in [6.45, 7) is 2.07. The highest BCUT2D eigenvalue weighted by Crippen LogP contribution is 2.35. The van der Waals surface area contributed by atoms with Crippen molar-refractivity contribution >= 4 is 0 Å². The molecule has 0 radical (unpaired) electrons. The molecule has 0 saturated heterocycles. The Balaban J connectivity index is 1.92. The van der Waals surface area contributed by atoms with Crippen LogP contribution in [0.2, 0.25) is 0 Å². The van der Waals surface area contributed by atoms with Gasteiger partial charge in [-0.25, -0.2) is 0 Å². The fourth-order valence-corrected chi connectivity index (χ4v) is 1.70. The quantitative estimate of drug-likeness (QED) is 0.893. The van der Waals surface area contributed by atoms with E-state index in [1.54, 1.807) is 12.1 Å². The lowest BCUT2D eigenvalue weighted by Crippen LogP contribution is -1.97. The van der Waals surface area contributed by atoms with Crippen molar-refractivity contribution in [2.24, 2.45) is 0 Å². The molecule has 1 aliphatic rings. The van der Waals surface area contributed by atoms with Crippen molar-refractivity contribution in [3.05, 3.63) is 24.0 Å². The number of ether oxygens (including phenoxy) is 2. The summed E-state index contributed by atoms with van der Waals surface area (Å²) in [4.78, 5) is 4.15. The molecule has 18 heavy (non-hydrogen) atoms. The Morgan fingerprint density at radius 1 is 1.33 bits per heavy atom. The molecule has 2 aromatic rings. The number of hydrogen-bond acceptors (Lipinski definition) is 6. The Morgan fingerprint density at radius 3 is 3.00 bits per heavy atom. The molecule has 94 valence electrons. The topological polar surface area (TPSA) is 77.6 Å². The zero-order chi connectivity index (χ0) is 12.5. The van der Waals surface area contributed by atoms with E-state index in [0.29, 0.717) is 29.6 Å². The Bertz CT molecular complexity index is 567. The average molecular weight is 248 g/mol. The SMILES string of the molecule is CCC(O)c1noc(-c2ccc3c(c2)OCO3)n1. The standard InChI is InChI=1S/C12H12N2O4/c1-2-8(15)11-13-12(18-14-11)7-3-4-9-10(5-7)17-6-16-9/h3-5,8,15H,2,6H2,1H3. The molecule has 1 aliphatic heterocycles. The third-order valence-corrected chi connectivity index (χ3v) is 2.75. The molecule has 0 aliphatic carbocycles. The van der Waals surface area contributed by atoms with Crippen molar-refractivity contribution in [1.82, 2.24) is 10.1 Å². The van der Waals surface area contributed by atoms with Gasteiger partial charge in [-0.3, -0.25) is 0 Å². The van der Waals surface area contributed by atoms with E-state index >= 15 is 0 Å². The lowest BCUT2D eigenvalue weighted by atomic mass is 10.2. The predicted molar refractivity (Wildman–Crippen MR) is 61.1 cm³/mol. The molecule has 0 bridgehead atoms. The van der Waals surface area contributed by atoms with Crippen LogP contribution in [0.3, 0.4) is 0 Å². The molecule has 1 aromatic carbocycles. The van der Waals surface area contributed by atoms with Gasteiger partial charge in [0.1, 0.15) is 6.10 Å². The molecule has 1 aromatic heterocycles. The van der Waals surface area contributed by atoms with Crippen LogP contribution in [0.25, 0.3) is 11.5 Å². The molecule has 3 rings (SSSR count). The van der Waals surface area contributed by atoms with E-state index in [2.05, 4.69) is 10.1 Å². The van der Waals surface area contributed by atoms with Crippen molar-refractivity contribution in [3.63, 3.8) is 0 Å². The van der Waals surface area contributed by atoms with Crippen LogP contribution in [-0.4, -0.2) is 22.0 Å². The third-order valence-electron chi connectivity index (χ3n) is 2.75. The average Bonchev–Trinajstić information content (AvgIpc) is 3.05. The summed E-state index contributed by atoms with van der Waals surface area (Å²) in [5.74, 6) is 2.01. The van der Waals surface area contributed by atoms with Gasteiger partial charge in [-0.1, -0.05) is 12.1 Å². The van der Waals surface area contributed by atoms with Gasteiger partial charge in [0, 0.05) is 5.56 Å². The normalized spacial score (nSPS) is 14.8. The first-order valence-corrected chi connectivity index (χ1v) is 5.69. The third kappa shape index (κ3) is 1.80. The van der Waals surface area contributed by atoms with Crippen molar-refractivity contribution in [2.75, 3.05) is 6.79 Å². The number of nitrogens with zero attached hydrogens (tertiary/aromatic N) is 2. The first-order valence-electron chi connectivity index (χ1n) is 5.69. The van der Waals surface area contributed by atoms with Gasteiger partial charge >= 0.3 is 0 Å². The minimum Gasteiger partial charge on any atom is -0.454 e. The van der Waals surface area contributed by atoms with Crippen LogP contribution in [0, 0.1) is 0 Å². The zero-order valence-electron chi connectivity index (χ0n) is 9.79. The van der Waals surface area contributed by atoms with Gasteiger partial charge in [0.05, 0.1) is 0 Å². The van der Waals surface area contributed by atoms with Crippen LogP contribution >= 0.6 is 0 Å². The summed E-state index contributed by atoms with van der Waals surface area (Å²) in [5, 5.41) is 13.4. The molecule has 2 heterocycles. The summed E-state index contributed by atoms with van der Waals surface area (Å²) in [5.41, 5.74) is 0.737. The fraction of sp³-hybridized carbons (Fsp3) is 0.333. The van der Waals surface area contributed by atoms with Gasteiger partial charge in [-0.15, -0.1) is 0 Å². The number of aliphatic hydroxyl groups excluding tert-OH is 1. The van der Waals surface area contributed by atoms with E-state index in [4.69, 9.17) is 14.0 Å². The molecule has 1 unspecified atom stereocenters. The number of aliphatic hydroxyl groups is 1. The van der Waals surface area contributed by atoms with Crippen molar-refractivity contribution in [2.45, 2.75) is 19.4 Å². The smallest absolute Gasteiger partial charge is 0.258 e. The molecule has 0 saturated carbocycles. The van der Waals surface area contributed by atoms with Crippen LogP contribution in [-0.2, 0) is 0 Å². The maximum absolute atomic E-state index is 9.61. The van der Waals surface area contributed by atoms with E-state index in [0.717, 1.165) is 5.56 Å². The summed E-state index contributed by atoms with van der Waals surface area (Å²) in [6.07, 6.45) is -0.156. The highest BCUT2D eigenvalue weighted by atomic mass is 16.7. The number of benzene rings is 1. The maximum atomic E-state index is 9.61. The van der Waals surface area contributed by atoms with Gasteiger partial charge in [0.2, 0.25) is 12.6 Å². The van der Waals surface area contributed by atoms with Gasteiger partial charge in [0.25, 0.3) is 5.89 Å². The predicted octanol–water partition coefficient (Wildman–Crippen LogP) is 1.91. The second-order valence-electron chi connectivity index (χ2n) is 3.95. The second-order valence-corrected chi connectivity index (χ2v) is 3.95. The lowest BCUT2D eigenvalue weighted by molar-refractivity contribution is 0.159. The van der Waals surface area contributed by atoms with E-state index in [1.807, 2.05) is 13.0 Å². The molecule has 1 atom stereocenters. The van der Waals surface area contributed by atoms with Gasteiger partial charge in [-0.05, 0) is 24.6 Å². The first-order chi connectivity index (χ1) is 8.78. The minimum absolute atomic E-state index is 0.225. The first kappa shape index (κ1) is 11.0. The highest BCUT2D eigenvalue weighted by Gasteiger charge is 2.18. The fourth-order valence-electron chi connectivity index (χ4n) is 1.70. The lowest BCUT2D eigenvalue weighted by Gasteiger charge is -1.99. The van der Waals surface area contributed by atoms with E-state index in [1.165, 1.54) is 0 Å². The Kier molecular flexibility index (Phi) is 2.64. The van der Waals surface area contributed by atoms with Crippen molar-refractivity contribution in [3.8, 4) is 23.0 Å². The Hall–Kier alpha value is -2.08. The summed E-state index contributed by atoms with van der Waals surface area (Å²) in [7, 11) is 0. The van der Waals surface area contributed by atoms with E-state index in [-0.39, 0.29) is 6.79 Å². The van der Waals surface area contributed by atoms with Crippen LogP contribution in [0.1, 0.15) is 25.3 Å². The number of aromatic nitrogens is 2. The van der Waals surface area contributed by atoms with Crippen LogP contribution in [0.5, 0.6) is 11.5 Å². The Morgan fingerprint density at radius 2 is 2.17 bits per heavy atom. The minimum atomic E-state index is -0.698. The number of hydrogen-bond donors (Lipinski definition) is 1. The van der Waals surface area contributed by atoms with Crippen LogP contribution < -0.4 is 9.47 Å². The van der Waals surface area contributed by atoms with E-state index in [9.17, 15) is 5.11 Å². The Labute approximate surface area is 103 Å². The van der Waals surface area contributed by atoms with Gasteiger partial charge in [0.15, 0.2) is 11.5 Å². The van der Waals surface area contributed by atoms with Gasteiger partial charge in [-0.2, -0.15) is 4.98 Å². The largest absolute Gasteiger partial charge is 0.454 e. The molecular formula is C12H12N2O4. The highest BCUT2D eigenvalue weighted by molar-refractivity contribution is 5.60. The molecular weight excluding hydrogens is 236 g/mol. The van der Waals surface area contributed by atoms with Crippen molar-refractivity contribution < 1.29 is 19.1 Å². The van der Waals surface area contributed by atoms with Gasteiger partial charge < -0.3 is 19.1 Å². The summed E-state index contributed by atoms with van der Waals surface area (Å²) < 4.78 is 15.6. The molecule has 0 spiro atoms. The summed E-state index contributed by atoms with van der Waals surface area (Å²) >= 11 is 0. The van der Waals surface area contributed by atoms with Crippen LogP contribution in [0.15, 0.2) is 22.7 Å². The second kappa shape index (κ2) is 4.30. The monoisotopic (exact) mass is 248 g/mol. The maximum Gasteiger partial charge on any atom is 0.258 e. The van der Waals surface area contributed by atoms with Crippen LogP contribution in [0.4, 0.5) is 0 Å². The molecule has 1 N–H and O–H groups in total. The molecule has 0 fully saturated rings. The molecule has 6 heteroatoms.